The van der Waals surface area contributed by atoms with Crippen molar-refractivity contribution in [2.24, 2.45) is 0 Å². The van der Waals surface area contributed by atoms with Crippen molar-refractivity contribution < 1.29 is 14.9 Å². The second kappa shape index (κ2) is 5.16. The van der Waals surface area contributed by atoms with Crippen LogP contribution in [0, 0.1) is 0 Å². The third kappa shape index (κ3) is 2.26. The van der Waals surface area contributed by atoms with Crippen molar-refractivity contribution in [2.75, 3.05) is 6.61 Å². The van der Waals surface area contributed by atoms with Crippen LogP contribution >= 0.6 is 0 Å². The number of ether oxygens (including phenoxy) is 1. The summed E-state index contributed by atoms with van der Waals surface area (Å²) in [7, 11) is 0. The summed E-state index contributed by atoms with van der Waals surface area (Å²) in [6.45, 7) is 1.22. The molecule has 3 N–H and O–H groups in total. The molecule has 3 atom stereocenters. The Bertz CT molecular complexity index is 782. The molecule has 1 aliphatic rings. The lowest BCUT2D eigenvalue weighted by molar-refractivity contribution is -0.107. The number of aromatic nitrogens is 5. The first-order valence-corrected chi connectivity index (χ1v) is 6.64. The standard InChI is InChI=1S/C12H15N5O5/c1-12(4-8(19)9(6-18)22-12)16-5-7(10(20)14-11(16)21)17-3-2-13-15-17/h2-3,5,8-9,18-19H,4,6H2,1H3,(H,14,20,21)/t8-,9+,12+/m0/s1. The van der Waals surface area contributed by atoms with Crippen molar-refractivity contribution in [2.45, 2.75) is 31.3 Å². The second-order valence-corrected chi connectivity index (χ2v) is 5.28. The summed E-state index contributed by atoms with van der Waals surface area (Å²) in [5, 5.41) is 26.4. The van der Waals surface area contributed by atoms with Crippen molar-refractivity contribution in [1.29, 1.82) is 0 Å². The van der Waals surface area contributed by atoms with Crippen LogP contribution in [0.15, 0.2) is 28.2 Å². The van der Waals surface area contributed by atoms with Gasteiger partial charge in [-0.05, 0) is 6.92 Å². The van der Waals surface area contributed by atoms with Gasteiger partial charge in [0, 0.05) is 12.6 Å². The van der Waals surface area contributed by atoms with Crippen LogP contribution in [0.1, 0.15) is 13.3 Å². The van der Waals surface area contributed by atoms with E-state index in [1.807, 2.05) is 0 Å². The van der Waals surface area contributed by atoms with Gasteiger partial charge in [0.15, 0.2) is 0 Å². The fourth-order valence-electron chi connectivity index (χ4n) is 2.60. The molecule has 10 heteroatoms. The zero-order valence-electron chi connectivity index (χ0n) is 11.7. The highest BCUT2D eigenvalue weighted by Crippen LogP contribution is 2.33. The van der Waals surface area contributed by atoms with Crippen LogP contribution in [-0.2, 0) is 10.5 Å². The molecular weight excluding hydrogens is 294 g/mol. The van der Waals surface area contributed by atoms with E-state index in [9.17, 15) is 19.8 Å². The van der Waals surface area contributed by atoms with E-state index in [4.69, 9.17) is 4.74 Å². The number of aliphatic hydroxyl groups excluding tert-OH is 2. The van der Waals surface area contributed by atoms with Crippen LogP contribution in [0.4, 0.5) is 0 Å². The predicted octanol–water partition coefficient (Wildman–Crippen LogP) is -2.07. The van der Waals surface area contributed by atoms with Gasteiger partial charge in [-0.2, -0.15) is 0 Å². The average molecular weight is 309 g/mol. The molecule has 0 bridgehead atoms. The number of rotatable bonds is 3. The normalized spacial score (nSPS) is 28.1. The minimum atomic E-state index is -1.19. The van der Waals surface area contributed by atoms with Gasteiger partial charge in [-0.25, -0.2) is 9.48 Å². The van der Waals surface area contributed by atoms with Gasteiger partial charge in [0.2, 0.25) is 0 Å². The highest BCUT2D eigenvalue weighted by molar-refractivity contribution is 5.23. The van der Waals surface area contributed by atoms with Crippen molar-refractivity contribution in [3.05, 3.63) is 39.4 Å². The molecule has 22 heavy (non-hydrogen) atoms. The van der Waals surface area contributed by atoms with Gasteiger partial charge in [0.05, 0.1) is 25.1 Å². The summed E-state index contributed by atoms with van der Waals surface area (Å²) in [6.07, 6.45) is 2.54. The summed E-state index contributed by atoms with van der Waals surface area (Å²) < 4.78 is 7.97. The third-order valence-corrected chi connectivity index (χ3v) is 3.70. The van der Waals surface area contributed by atoms with E-state index in [1.165, 1.54) is 27.8 Å². The Morgan fingerprint density at radius 3 is 2.91 bits per heavy atom. The molecule has 2 aromatic heterocycles. The van der Waals surface area contributed by atoms with E-state index in [0.717, 1.165) is 0 Å². The van der Waals surface area contributed by atoms with Crippen LogP contribution in [0.3, 0.4) is 0 Å². The quantitative estimate of drug-likeness (QED) is 0.592. The minimum Gasteiger partial charge on any atom is -0.394 e. The maximum atomic E-state index is 12.1. The molecule has 2 aromatic rings. The predicted molar refractivity (Wildman–Crippen MR) is 72.5 cm³/mol. The molecule has 0 unspecified atom stereocenters. The number of H-pyrrole nitrogens is 1. The van der Waals surface area contributed by atoms with E-state index < -0.39 is 29.2 Å². The smallest absolute Gasteiger partial charge is 0.330 e. The number of aliphatic hydroxyl groups is 2. The van der Waals surface area contributed by atoms with Gasteiger partial charge in [0.25, 0.3) is 5.56 Å². The zero-order chi connectivity index (χ0) is 15.9. The van der Waals surface area contributed by atoms with Crippen molar-refractivity contribution >= 4 is 0 Å². The Hall–Kier alpha value is -2.30. The Labute approximate surface area is 123 Å². The third-order valence-electron chi connectivity index (χ3n) is 3.70. The maximum absolute atomic E-state index is 12.1. The first kappa shape index (κ1) is 14.6. The van der Waals surface area contributed by atoms with E-state index in [2.05, 4.69) is 15.3 Å². The van der Waals surface area contributed by atoms with Gasteiger partial charge in [-0.3, -0.25) is 14.3 Å². The molecule has 3 heterocycles. The highest BCUT2D eigenvalue weighted by Gasteiger charge is 2.44. The molecule has 0 saturated carbocycles. The average Bonchev–Trinajstić information content (AvgIpc) is 3.07. The Balaban J connectivity index is 2.10. The molecule has 0 spiro atoms. The second-order valence-electron chi connectivity index (χ2n) is 5.28. The van der Waals surface area contributed by atoms with E-state index in [1.54, 1.807) is 6.92 Å². The monoisotopic (exact) mass is 309 g/mol. The molecule has 1 saturated heterocycles. The molecule has 10 nitrogen and oxygen atoms in total. The fraction of sp³-hybridized carbons (Fsp3) is 0.500. The number of nitrogens with zero attached hydrogens (tertiary/aromatic N) is 4. The Morgan fingerprint density at radius 2 is 2.32 bits per heavy atom. The number of hydrogen-bond acceptors (Lipinski definition) is 7. The molecule has 1 fully saturated rings. The zero-order valence-corrected chi connectivity index (χ0v) is 11.7. The largest absolute Gasteiger partial charge is 0.394 e. The summed E-state index contributed by atoms with van der Waals surface area (Å²) >= 11 is 0. The summed E-state index contributed by atoms with van der Waals surface area (Å²) in [6, 6.07) is 0. The molecule has 0 amide bonds. The van der Waals surface area contributed by atoms with Crippen molar-refractivity contribution in [3.8, 4) is 5.69 Å². The van der Waals surface area contributed by atoms with Crippen LogP contribution in [0.2, 0.25) is 0 Å². The van der Waals surface area contributed by atoms with Gasteiger partial charge in [0.1, 0.15) is 17.5 Å². The van der Waals surface area contributed by atoms with Crippen LogP contribution < -0.4 is 11.2 Å². The molecule has 0 aliphatic carbocycles. The number of nitrogens with one attached hydrogen (secondary N) is 1. The van der Waals surface area contributed by atoms with Gasteiger partial charge in [-0.1, -0.05) is 5.21 Å². The molecular formula is C12H15N5O5. The van der Waals surface area contributed by atoms with E-state index >= 15 is 0 Å². The van der Waals surface area contributed by atoms with Gasteiger partial charge < -0.3 is 14.9 Å². The molecule has 1 aliphatic heterocycles. The van der Waals surface area contributed by atoms with Crippen molar-refractivity contribution in [1.82, 2.24) is 24.5 Å². The van der Waals surface area contributed by atoms with Crippen LogP contribution in [-0.4, -0.2) is 53.6 Å². The first-order chi connectivity index (χ1) is 10.4. The maximum Gasteiger partial charge on any atom is 0.330 e. The fourth-order valence-corrected chi connectivity index (χ4v) is 2.60. The lowest BCUT2D eigenvalue weighted by Gasteiger charge is -2.26. The van der Waals surface area contributed by atoms with E-state index in [0.29, 0.717) is 0 Å². The Kier molecular flexibility index (Phi) is 3.43. The molecule has 0 radical (unpaired) electrons. The highest BCUT2D eigenvalue weighted by atomic mass is 16.6. The summed E-state index contributed by atoms with van der Waals surface area (Å²) in [5.41, 5.74) is -2.40. The number of hydrogen-bond donors (Lipinski definition) is 3. The molecule has 0 aromatic carbocycles. The SMILES string of the molecule is C[C@]1(n2cc(-n3ccnn3)c(=O)[nH]c2=O)C[C@H](O)[C@@H](CO)O1. The Morgan fingerprint density at radius 1 is 1.55 bits per heavy atom. The summed E-state index contributed by atoms with van der Waals surface area (Å²) in [4.78, 5) is 26.2. The van der Waals surface area contributed by atoms with Gasteiger partial charge in [-0.15, -0.1) is 5.10 Å². The van der Waals surface area contributed by atoms with Crippen LogP contribution in [0.25, 0.3) is 5.69 Å². The lowest BCUT2D eigenvalue weighted by atomic mass is 10.1. The molecule has 118 valence electrons. The van der Waals surface area contributed by atoms with E-state index in [-0.39, 0.29) is 18.7 Å². The van der Waals surface area contributed by atoms with Crippen LogP contribution in [0.5, 0.6) is 0 Å². The van der Waals surface area contributed by atoms with Gasteiger partial charge >= 0.3 is 5.69 Å². The number of aromatic amines is 1. The molecule has 3 rings (SSSR count). The minimum absolute atomic E-state index is 0.0869. The summed E-state index contributed by atoms with van der Waals surface area (Å²) in [5.74, 6) is 0. The first-order valence-electron chi connectivity index (χ1n) is 6.64. The van der Waals surface area contributed by atoms with Crippen molar-refractivity contribution in [3.63, 3.8) is 0 Å². The topological polar surface area (TPSA) is 135 Å². The lowest BCUT2D eigenvalue weighted by Crippen LogP contribution is -2.43.